The van der Waals surface area contributed by atoms with Crippen LogP contribution in [0.2, 0.25) is 0 Å². The minimum absolute atomic E-state index is 0.0196. The Kier molecular flexibility index (Phi) is 5.01. The third-order valence-electron chi connectivity index (χ3n) is 6.24. The summed E-state index contributed by atoms with van der Waals surface area (Å²) in [5.74, 6) is -0.191. The van der Waals surface area contributed by atoms with Crippen LogP contribution in [0.3, 0.4) is 0 Å². The van der Waals surface area contributed by atoms with Gasteiger partial charge in [-0.2, -0.15) is 0 Å². The SMILES string of the molecule is O=C1OC(Cn2ccnn2)CN1c1cc(F)c(N2CCC(C3COC3)CC2)c(F)c1. The molecule has 1 unspecified atom stereocenters. The van der Waals surface area contributed by atoms with Gasteiger partial charge < -0.3 is 14.4 Å². The third-order valence-corrected chi connectivity index (χ3v) is 6.24. The molecule has 1 amide bonds. The number of cyclic esters (lactones) is 1. The van der Waals surface area contributed by atoms with Gasteiger partial charge in [-0.1, -0.05) is 5.21 Å². The second-order valence-corrected chi connectivity index (χ2v) is 8.12. The number of hydrogen-bond donors (Lipinski definition) is 0. The molecule has 3 saturated heterocycles. The van der Waals surface area contributed by atoms with E-state index in [1.165, 1.54) is 23.2 Å². The van der Waals surface area contributed by atoms with Gasteiger partial charge in [-0.25, -0.2) is 18.3 Å². The molecule has 2 aromatic rings. The summed E-state index contributed by atoms with van der Waals surface area (Å²) in [5.41, 5.74) is 0.134. The summed E-state index contributed by atoms with van der Waals surface area (Å²) in [6.07, 6.45) is 3.88. The van der Waals surface area contributed by atoms with Crippen molar-refractivity contribution < 1.29 is 23.0 Å². The molecule has 0 bridgehead atoms. The van der Waals surface area contributed by atoms with Crippen LogP contribution in [0.5, 0.6) is 0 Å². The van der Waals surface area contributed by atoms with Gasteiger partial charge in [0.05, 0.1) is 38.2 Å². The molecule has 1 aromatic heterocycles. The monoisotopic (exact) mass is 419 g/mol. The van der Waals surface area contributed by atoms with E-state index in [0.717, 1.165) is 26.1 Å². The molecule has 3 aliphatic heterocycles. The molecule has 4 heterocycles. The van der Waals surface area contributed by atoms with Crippen LogP contribution in [-0.4, -0.2) is 60.0 Å². The van der Waals surface area contributed by atoms with Crippen molar-refractivity contribution in [1.29, 1.82) is 0 Å². The molecule has 0 radical (unpaired) electrons. The lowest BCUT2D eigenvalue weighted by atomic mass is 9.83. The van der Waals surface area contributed by atoms with E-state index in [1.54, 1.807) is 15.8 Å². The minimum atomic E-state index is -0.664. The Hall–Kier alpha value is -2.75. The second kappa shape index (κ2) is 7.82. The zero-order valence-corrected chi connectivity index (χ0v) is 16.4. The van der Waals surface area contributed by atoms with E-state index in [-0.39, 0.29) is 17.9 Å². The number of ether oxygens (including phenoxy) is 2. The van der Waals surface area contributed by atoms with E-state index < -0.39 is 23.8 Å². The summed E-state index contributed by atoms with van der Waals surface area (Å²) in [7, 11) is 0. The Balaban J connectivity index is 1.28. The maximum atomic E-state index is 14.9. The van der Waals surface area contributed by atoms with Crippen LogP contribution >= 0.6 is 0 Å². The van der Waals surface area contributed by atoms with Crippen molar-refractivity contribution in [3.8, 4) is 0 Å². The van der Waals surface area contributed by atoms with Crippen molar-refractivity contribution >= 4 is 17.5 Å². The van der Waals surface area contributed by atoms with Gasteiger partial charge in [-0.3, -0.25) is 4.90 Å². The fourth-order valence-electron chi connectivity index (χ4n) is 4.50. The Labute approximate surface area is 172 Å². The zero-order chi connectivity index (χ0) is 20.7. The van der Waals surface area contributed by atoms with Gasteiger partial charge >= 0.3 is 6.09 Å². The maximum Gasteiger partial charge on any atom is 0.414 e. The largest absolute Gasteiger partial charge is 0.442 e. The van der Waals surface area contributed by atoms with Crippen molar-refractivity contribution in [2.45, 2.75) is 25.5 Å². The maximum absolute atomic E-state index is 14.9. The van der Waals surface area contributed by atoms with E-state index in [2.05, 4.69) is 10.3 Å². The van der Waals surface area contributed by atoms with Crippen LogP contribution < -0.4 is 9.80 Å². The van der Waals surface area contributed by atoms with Gasteiger partial charge in [-0.05, 0) is 18.8 Å². The van der Waals surface area contributed by atoms with Gasteiger partial charge in [0.25, 0.3) is 0 Å². The molecular weight excluding hydrogens is 396 g/mol. The van der Waals surface area contributed by atoms with Crippen LogP contribution in [0.25, 0.3) is 0 Å². The van der Waals surface area contributed by atoms with Gasteiger partial charge in [-0.15, -0.1) is 5.10 Å². The number of hydrogen-bond acceptors (Lipinski definition) is 6. The van der Waals surface area contributed by atoms with Crippen LogP contribution in [0.4, 0.5) is 25.0 Å². The van der Waals surface area contributed by atoms with E-state index in [4.69, 9.17) is 9.47 Å². The summed E-state index contributed by atoms with van der Waals surface area (Å²) < 4.78 is 41.9. The van der Waals surface area contributed by atoms with Crippen LogP contribution in [0.1, 0.15) is 12.8 Å². The first-order valence-corrected chi connectivity index (χ1v) is 10.2. The Morgan fingerprint density at radius 2 is 1.83 bits per heavy atom. The lowest BCUT2D eigenvalue weighted by molar-refractivity contribution is -0.0651. The number of aromatic nitrogens is 3. The molecule has 160 valence electrons. The first kappa shape index (κ1) is 19.2. The topological polar surface area (TPSA) is 72.7 Å². The van der Waals surface area contributed by atoms with Gasteiger partial charge in [0.15, 0.2) is 11.6 Å². The highest BCUT2D eigenvalue weighted by Gasteiger charge is 2.35. The highest BCUT2D eigenvalue weighted by atomic mass is 19.1. The molecular formula is C20H23F2N5O3. The van der Waals surface area contributed by atoms with Crippen molar-refractivity contribution in [3.63, 3.8) is 0 Å². The molecule has 8 nitrogen and oxygen atoms in total. The third kappa shape index (κ3) is 3.60. The first-order valence-electron chi connectivity index (χ1n) is 10.2. The summed E-state index contributed by atoms with van der Waals surface area (Å²) in [5, 5.41) is 7.55. The summed E-state index contributed by atoms with van der Waals surface area (Å²) >= 11 is 0. The summed E-state index contributed by atoms with van der Waals surface area (Å²) in [6, 6.07) is 2.42. The normalized spacial score (nSPS) is 23.0. The van der Waals surface area contributed by atoms with Crippen molar-refractivity contribution in [2.75, 3.05) is 42.6 Å². The highest BCUT2D eigenvalue weighted by molar-refractivity contribution is 5.90. The molecule has 30 heavy (non-hydrogen) atoms. The number of carbonyl (C=O) groups excluding carboxylic acids is 1. The molecule has 0 saturated carbocycles. The van der Waals surface area contributed by atoms with E-state index in [9.17, 15) is 13.6 Å². The molecule has 3 fully saturated rings. The van der Waals surface area contributed by atoms with Crippen molar-refractivity contribution in [1.82, 2.24) is 15.0 Å². The van der Waals surface area contributed by atoms with Gasteiger partial charge in [0.2, 0.25) is 0 Å². The minimum Gasteiger partial charge on any atom is -0.442 e. The highest BCUT2D eigenvalue weighted by Crippen LogP contribution is 2.36. The predicted molar refractivity (Wildman–Crippen MR) is 103 cm³/mol. The summed E-state index contributed by atoms with van der Waals surface area (Å²) in [4.78, 5) is 15.3. The molecule has 5 rings (SSSR count). The average molecular weight is 419 g/mol. The molecule has 1 aromatic carbocycles. The molecule has 0 aliphatic carbocycles. The molecule has 3 aliphatic rings. The first-order chi connectivity index (χ1) is 14.6. The van der Waals surface area contributed by atoms with Crippen molar-refractivity contribution in [2.24, 2.45) is 11.8 Å². The van der Waals surface area contributed by atoms with E-state index >= 15 is 0 Å². The number of halogens is 2. The Morgan fingerprint density at radius 1 is 1.10 bits per heavy atom. The average Bonchev–Trinajstić information content (AvgIpc) is 3.31. The molecule has 0 N–H and O–H groups in total. The van der Waals surface area contributed by atoms with E-state index in [1.807, 2.05) is 0 Å². The van der Waals surface area contributed by atoms with Crippen LogP contribution in [0, 0.1) is 23.5 Å². The molecule has 0 spiro atoms. The number of benzene rings is 1. The van der Waals surface area contributed by atoms with E-state index in [0.29, 0.717) is 31.5 Å². The quantitative estimate of drug-likeness (QED) is 0.741. The zero-order valence-electron chi connectivity index (χ0n) is 16.4. The van der Waals surface area contributed by atoms with Crippen LogP contribution in [-0.2, 0) is 16.0 Å². The number of amides is 1. The Bertz CT molecular complexity index is 890. The molecule has 10 heteroatoms. The van der Waals surface area contributed by atoms with Gasteiger partial charge in [0.1, 0.15) is 11.8 Å². The second-order valence-electron chi connectivity index (χ2n) is 8.12. The number of anilines is 2. The number of carbonyl (C=O) groups is 1. The lowest BCUT2D eigenvalue weighted by Crippen LogP contribution is -2.42. The van der Waals surface area contributed by atoms with Crippen LogP contribution in [0.15, 0.2) is 24.5 Å². The lowest BCUT2D eigenvalue weighted by Gasteiger charge is -2.40. The number of piperidine rings is 1. The fourth-order valence-corrected chi connectivity index (χ4v) is 4.50. The standard InChI is InChI=1S/C20H23F2N5O3/c21-17-7-15(27-10-16(30-20(27)28)9-26-6-3-23-24-26)8-18(22)19(17)25-4-1-13(2-5-25)14-11-29-12-14/h3,6-8,13-14,16H,1-2,4-5,9-12H2. The Morgan fingerprint density at radius 3 is 2.43 bits per heavy atom. The van der Waals surface area contributed by atoms with Gasteiger partial charge in [0, 0.05) is 37.3 Å². The fraction of sp³-hybridized carbons (Fsp3) is 0.550. The number of nitrogens with zero attached hydrogens (tertiary/aromatic N) is 5. The molecule has 1 atom stereocenters. The smallest absolute Gasteiger partial charge is 0.414 e. The number of rotatable bonds is 5. The summed E-state index contributed by atoms with van der Waals surface area (Å²) in [6.45, 7) is 3.33. The predicted octanol–water partition coefficient (Wildman–Crippen LogP) is 2.44. The van der Waals surface area contributed by atoms with Crippen molar-refractivity contribution in [3.05, 3.63) is 36.2 Å².